The van der Waals surface area contributed by atoms with Crippen LogP contribution in [-0.2, 0) is 0 Å². The second-order valence-corrected chi connectivity index (χ2v) is 4.48. The molecule has 0 bridgehead atoms. The summed E-state index contributed by atoms with van der Waals surface area (Å²) in [6, 6.07) is 1.61. The molecule has 0 radical (unpaired) electrons. The Balaban J connectivity index is 1.95. The zero-order valence-electron chi connectivity index (χ0n) is 9.36. The van der Waals surface area contributed by atoms with Crippen molar-refractivity contribution in [2.24, 2.45) is 0 Å². The molecule has 16 heavy (non-hydrogen) atoms. The maximum atomic E-state index is 11.9. The number of aliphatic hydroxyl groups is 1. The summed E-state index contributed by atoms with van der Waals surface area (Å²) in [5.74, 6) is -0.0996. The molecule has 2 heterocycles. The topological polar surface area (TPSA) is 82.3 Å². The number of nitrogens with one attached hydrogen (secondary N) is 1. The number of anilines is 1. The third-order valence-electron chi connectivity index (χ3n) is 2.91. The Hall–Kier alpha value is -1.49. The van der Waals surface area contributed by atoms with E-state index in [4.69, 9.17) is 5.73 Å². The first kappa shape index (κ1) is 11.0. The van der Waals surface area contributed by atoms with E-state index in [0.29, 0.717) is 24.5 Å². The molecule has 1 aliphatic heterocycles. The van der Waals surface area contributed by atoms with Crippen molar-refractivity contribution in [1.29, 1.82) is 0 Å². The first-order valence-corrected chi connectivity index (χ1v) is 5.49. The fourth-order valence-electron chi connectivity index (χ4n) is 2.14. The Morgan fingerprint density at radius 2 is 2.38 bits per heavy atom. The molecular weight excluding hydrogens is 206 g/mol. The zero-order valence-corrected chi connectivity index (χ0v) is 9.36. The smallest absolute Gasteiger partial charge is 0.270 e. The van der Waals surface area contributed by atoms with E-state index >= 15 is 0 Å². The fourth-order valence-corrected chi connectivity index (χ4v) is 2.14. The molecule has 2 rings (SSSR count). The largest absolute Gasteiger partial charge is 0.397 e. The third-order valence-corrected chi connectivity index (χ3v) is 2.91. The average Bonchev–Trinajstić information content (AvgIpc) is 2.60. The Bertz CT molecular complexity index is 394. The van der Waals surface area contributed by atoms with Gasteiger partial charge in [0.2, 0.25) is 0 Å². The minimum absolute atomic E-state index is 0.0996. The van der Waals surface area contributed by atoms with Crippen LogP contribution in [0.25, 0.3) is 0 Å². The van der Waals surface area contributed by atoms with Gasteiger partial charge in [-0.3, -0.25) is 4.79 Å². The number of β-amino-alcohol motifs (C(OH)–C–C–N with tert-alkyl or cyclic N) is 1. The van der Waals surface area contributed by atoms with Gasteiger partial charge in [-0.25, -0.2) is 0 Å². The number of nitrogen functional groups attached to an aromatic ring is 1. The number of carbonyl (C=O) groups is 1. The molecule has 4 N–H and O–H groups in total. The van der Waals surface area contributed by atoms with Crippen LogP contribution in [0.15, 0.2) is 12.3 Å². The standard InChI is InChI=1S/C11H17N3O2/c1-2-3-11(16)6-14(7-11)10(15)9-4-8(12)5-13-9/h4-5,13,16H,2-3,6-7,12H2,1H3. The van der Waals surface area contributed by atoms with Gasteiger partial charge in [0.1, 0.15) is 5.69 Å². The average molecular weight is 223 g/mol. The normalized spacial score (nSPS) is 18.2. The van der Waals surface area contributed by atoms with Gasteiger partial charge >= 0.3 is 0 Å². The van der Waals surface area contributed by atoms with Gasteiger partial charge < -0.3 is 20.7 Å². The van der Waals surface area contributed by atoms with Crippen LogP contribution in [0.4, 0.5) is 5.69 Å². The first-order valence-electron chi connectivity index (χ1n) is 5.49. The molecule has 1 saturated heterocycles. The number of carbonyl (C=O) groups excluding carboxylic acids is 1. The molecule has 0 spiro atoms. The van der Waals surface area contributed by atoms with E-state index in [1.807, 2.05) is 6.92 Å². The number of rotatable bonds is 3. The highest BCUT2D eigenvalue weighted by molar-refractivity contribution is 5.94. The second kappa shape index (κ2) is 3.83. The van der Waals surface area contributed by atoms with Crippen LogP contribution in [0.5, 0.6) is 0 Å². The monoisotopic (exact) mass is 223 g/mol. The van der Waals surface area contributed by atoms with Gasteiger partial charge in [-0.05, 0) is 12.5 Å². The van der Waals surface area contributed by atoms with Crippen LogP contribution >= 0.6 is 0 Å². The molecule has 1 fully saturated rings. The number of nitrogens with zero attached hydrogens (tertiary/aromatic N) is 1. The maximum Gasteiger partial charge on any atom is 0.270 e. The quantitative estimate of drug-likeness (QED) is 0.701. The van der Waals surface area contributed by atoms with Gasteiger partial charge in [-0.15, -0.1) is 0 Å². The highest BCUT2D eigenvalue weighted by Crippen LogP contribution is 2.27. The van der Waals surface area contributed by atoms with E-state index in [-0.39, 0.29) is 5.91 Å². The second-order valence-electron chi connectivity index (χ2n) is 4.48. The number of aromatic nitrogens is 1. The van der Waals surface area contributed by atoms with E-state index in [1.54, 1.807) is 17.2 Å². The summed E-state index contributed by atoms with van der Waals surface area (Å²) in [7, 11) is 0. The highest BCUT2D eigenvalue weighted by Gasteiger charge is 2.43. The van der Waals surface area contributed by atoms with E-state index in [0.717, 1.165) is 12.8 Å². The fraction of sp³-hybridized carbons (Fsp3) is 0.545. The molecule has 1 amide bonds. The predicted octanol–water partition coefficient (Wildman–Crippen LogP) is 0.584. The van der Waals surface area contributed by atoms with E-state index in [9.17, 15) is 9.90 Å². The summed E-state index contributed by atoms with van der Waals surface area (Å²) >= 11 is 0. The molecule has 1 aromatic rings. The number of H-pyrrole nitrogens is 1. The predicted molar refractivity (Wildman–Crippen MR) is 61.0 cm³/mol. The van der Waals surface area contributed by atoms with Gasteiger partial charge in [-0.1, -0.05) is 13.3 Å². The molecule has 1 aliphatic rings. The number of hydrogen-bond acceptors (Lipinski definition) is 3. The Kier molecular flexibility index (Phi) is 2.63. The molecule has 0 atom stereocenters. The van der Waals surface area contributed by atoms with Crippen LogP contribution in [0.2, 0.25) is 0 Å². The molecular formula is C11H17N3O2. The molecule has 0 aliphatic carbocycles. The first-order chi connectivity index (χ1) is 7.54. The van der Waals surface area contributed by atoms with E-state index in [1.165, 1.54) is 0 Å². The Morgan fingerprint density at radius 3 is 2.88 bits per heavy atom. The van der Waals surface area contributed by atoms with Crippen LogP contribution in [-0.4, -0.2) is 39.6 Å². The lowest BCUT2D eigenvalue weighted by Crippen LogP contribution is -2.63. The van der Waals surface area contributed by atoms with Gasteiger partial charge in [0.05, 0.1) is 18.7 Å². The summed E-state index contributed by atoms with van der Waals surface area (Å²) < 4.78 is 0. The van der Waals surface area contributed by atoms with Crippen LogP contribution in [0.3, 0.4) is 0 Å². The van der Waals surface area contributed by atoms with Gasteiger partial charge in [0.15, 0.2) is 0 Å². The summed E-state index contributed by atoms with van der Waals surface area (Å²) in [4.78, 5) is 16.3. The van der Waals surface area contributed by atoms with Crippen molar-refractivity contribution in [3.63, 3.8) is 0 Å². The molecule has 88 valence electrons. The molecule has 1 aromatic heterocycles. The summed E-state index contributed by atoms with van der Waals surface area (Å²) in [5.41, 5.74) is 5.88. The minimum atomic E-state index is -0.678. The summed E-state index contributed by atoms with van der Waals surface area (Å²) in [6.45, 7) is 2.85. The highest BCUT2D eigenvalue weighted by atomic mass is 16.3. The number of likely N-dealkylation sites (tertiary alicyclic amines) is 1. The molecule has 0 aromatic carbocycles. The SMILES string of the molecule is CCCC1(O)CN(C(=O)c2cc(N)c[nH]2)C1. The van der Waals surface area contributed by atoms with E-state index < -0.39 is 5.60 Å². The number of aromatic amines is 1. The number of nitrogens with two attached hydrogens (primary N) is 1. The lowest BCUT2D eigenvalue weighted by atomic mass is 9.89. The van der Waals surface area contributed by atoms with Crippen molar-refractivity contribution in [3.8, 4) is 0 Å². The maximum absolute atomic E-state index is 11.9. The van der Waals surface area contributed by atoms with Crippen LogP contribution in [0, 0.1) is 0 Å². The minimum Gasteiger partial charge on any atom is -0.397 e. The zero-order chi connectivity index (χ0) is 11.8. The van der Waals surface area contributed by atoms with Gasteiger partial charge in [-0.2, -0.15) is 0 Å². The Morgan fingerprint density at radius 1 is 1.69 bits per heavy atom. The molecule has 5 nitrogen and oxygen atoms in total. The van der Waals surface area contributed by atoms with Crippen molar-refractivity contribution in [2.75, 3.05) is 18.8 Å². The van der Waals surface area contributed by atoms with Crippen molar-refractivity contribution >= 4 is 11.6 Å². The molecule has 0 unspecified atom stereocenters. The Labute approximate surface area is 94.2 Å². The number of amides is 1. The molecule has 5 heteroatoms. The van der Waals surface area contributed by atoms with Crippen LogP contribution < -0.4 is 5.73 Å². The van der Waals surface area contributed by atoms with Crippen molar-refractivity contribution < 1.29 is 9.90 Å². The molecule has 0 saturated carbocycles. The number of hydrogen-bond donors (Lipinski definition) is 3. The summed E-state index contributed by atoms with van der Waals surface area (Å²) in [6.07, 6.45) is 3.25. The van der Waals surface area contributed by atoms with E-state index in [2.05, 4.69) is 4.98 Å². The lowest BCUT2D eigenvalue weighted by molar-refractivity contribution is -0.0861. The van der Waals surface area contributed by atoms with Crippen LogP contribution in [0.1, 0.15) is 30.3 Å². The summed E-state index contributed by atoms with van der Waals surface area (Å²) in [5, 5.41) is 9.95. The van der Waals surface area contributed by atoms with Crippen molar-refractivity contribution in [2.45, 2.75) is 25.4 Å². The van der Waals surface area contributed by atoms with Gasteiger partial charge in [0.25, 0.3) is 5.91 Å². The lowest BCUT2D eigenvalue weighted by Gasteiger charge is -2.46. The van der Waals surface area contributed by atoms with Crippen molar-refractivity contribution in [3.05, 3.63) is 18.0 Å². The van der Waals surface area contributed by atoms with Gasteiger partial charge in [0, 0.05) is 11.9 Å². The third kappa shape index (κ3) is 1.90. The van der Waals surface area contributed by atoms with Crippen molar-refractivity contribution in [1.82, 2.24) is 9.88 Å².